The largest absolute Gasteiger partial charge is 0.478 e. The summed E-state index contributed by atoms with van der Waals surface area (Å²) in [6, 6.07) is 2.76. The summed E-state index contributed by atoms with van der Waals surface area (Å²) in [5.74, 6) is -1.74. The highest BCUT2D eigenvalue weighted by atomic mass is 32.2. The van der Waals surface area contributed by atoms with E-state index in [0.29, 0.717) is 31.0 Å². The SMILES string of the molecule is O=C(O)c1c(F)ccc2c1CN(S(=O)(=O)N1CC3CCC1C3)CC2. The van der Waals surface area contributed by atoms with E-state index < -0.39 is 27.6 Å². The molecule has 2 atom stereocenters. The van der Waals surface area contributed by atoms with Gasteiger partial charge < -0.3 is 5.11 Å². The smallest absolute Gasteiger partial charge is 0.339 e. The van der Waals surface area contributed by atoms with Crippen LogP contribution in [0.5, 0.6) is 0 Å². The van der Waals surface area contributed by atoms with E-state index in [1.165, 1.54) is 4.31 Å². The molecule has 4 rings (SSSR count). The van der Waals surface area contributed by atoms with Crippen molar-refractivity contribution in [2.24, 2.45) is 5.92 Å². The van der Waals surface area contributed by atoms with Crippen LogP contribution in [-0.4, -0.2) is 47.2 Å². The van der Waals surface area contributed by atoms with Crippen molar-refractivity contribution in [2.75, 3.05) is 13.1 Å². The first-order valence-corrected chi connectivity index (χ1v) is 9.58. The molecule has 2 bridgehead atoms. The van der Waals surface area contributed by atoms with E-state index in [2.05, 4.69) is 0 Å². The Bertz CT molecular complexity index is 811. The van der Waals surface area contributed by atoms with Gasteiger partial charge in [-0.15, -0.1) is 0 Å². The molecule has 1 aromatic rings. The van der Waals surface area contributed by atoms with Gasteiger partial charge in [0.1, 0.15) is 5.82 Å². The van der Waals surface area contributed by atoms with Crippen molar-refractivity contribution < 1.29 is 22.7 Å². The van der Waals surface area contributed by atoms with Crippen LogP contribution in [0.4, 0.5) is 4.39 Å². The van der Waals surface area contributed by atoms with Crippen molar-refractivity contribution in [2.45, 2.75) is 38.3 Å². The number of rotatable bonds is 3. The van der Waals surface area contributed by atoms with E-state index in [-0.39, 0.29) is 18.2 Å². The minimum Gasteiger partial charge on any atom is -0.478 e. The fourth-order valence-electron chi connectivity index (χ4n) is 4.32. The number of hydrogen-bond donors (Lipinski definition) is 1. The van der Waals surface area contributed by atoms with E-state index in [9.17, 15) is 22.7 Å². The van der Waals surface area contributed by atoms with E-state index in [0.717, 1.165) is 25.3 Å². The van der Waals surface area contributed by atoms with Gasteiger partial charge in [-0.1, -0.05) is 6.07 Å². The second-order valence-electron chi connectivity index (χ2n) is 6.86. The second-order valence-corrected chi connectivity index (χ2v) is 8.74. The summed E-state index contributed by atoms with van der Waals surface area (Å²) in [5, 5.41) is 9.29. The highest BCUT2D eigenvalue weighted by Gasteiger charge is 2.46. The number of fused-ring (bicyclic) bond motifs is 3. The number of halogens is 1. The summed E-state index contributed by atoms with van der Waals surface area (Å²) in [6.07, 6.45) is 3.28. The summed E-state index contributed by atoms with van der Waals surface area (Å²) < 4.78 is 42.7. The van der Waals surface area contributed by atoms with Crippen LogP contribution in [0.25, 0.3) is 0 Å². The van der Waals surface area contributed by atoms with Gasteiger partial charge in [-0.25, -0.2) is 9.18 Å². The fraction of sp³-hybridized carbons (Fsp3) is 0.562. The molecule has 2 aliphatic heterocycles. The standard InChI is InChI=1S/C16H19FN2O4S/c17-14-4-2-11-5-6-18(9-13(11)15(14)16(20)21)24(22,23)19-8-10-1-3-12(19)7-10/h2,4,10,12H,1,3,5-9H2,(H,20,21). The van der Waals surface area contributed by atoms with Crippen LogP contribution >= 0.6 is 0 Å². The normalized spacial score (nSPS) is 27.4. The molecule has 0 aromatic heterocycles. The first-order valence-electron chi connectivity index (χ1n) is 8.18. The monoisotopic (exact) mass is 354 g/mol. The lowest BCUT2D eigenvalue weighted by Gasteiger charge is -2.35. The topological polar surface area (TPSA) is 77.9 Å². The Kier molecular flexibility index (Phi) is 3.67. The quantitative estimate of drug-likeness (QED) is 0.895. The third-order valence-electron chi connectivity index (χ3n) is 5.52. The molecule has 1 aliphatic carbocycles. The Morgan fingerprint density at radius 2 is 2.08 bits per heavy atom. The van der Waals surface area contributed by atoms with Crippen molar-refractivity contribution in [1.82, 2.24) is 8.61 Å². The molecule has 1 aromatic carbocycles. The Balaban J connectivity index is 1.67. The Morgan fingerprint density at radius 3 is 2.71 bits per heavy atom. The van der Waals surface area contributed by atoms with Gasteiger partial charge in [0.05, 0.1) is 5.56 Å². The van der Waals surface area contributed by atoms with Crippen molar-refractivity contribution >= 4 is 16.2 Å². The molecule has 1 saturated carbocycles. The molecule has 1 saturated heterocycles. The summed E-state index contributed by atoms with van der Waals surface area (Å²) in [5.41, 5.74) is 0.584. The van der Waals surface area contributed by atoms with Gasteiger partial charge in [0, 0.05) is 25.7 Å². The minimum atomic E-state index is -3.64. The molecule has 24 heavy (non-hydrogen) atoms. The third kappa shape index (κ3) is 2.35. The highest BCUT2D eigenvalue weighted by molar-refractivity contribution is 7.86. The molecule has 1 N–H and O–H groups in total. The van der Waals surface area contributed by atoms with Crippen molar-refractivity contribution in [3.05, 3.63) is 34.6 Å². The number of piperidine rings is 1. The first kappa shape index (κ1) is 16.0. The Morgan fingerprint density at radius 1 is 1.29 bits per heavy atom. The van der Waals surface area contributed by atoms with Gasteiger partial charge in [0.15, 0.2) is 0 Å². The number of nitrogens with zero attached hydrogens (tertiary/aromatic N) is 2. The van der Waals surface area contributed by atoms with E-state index in [1.807, 2.05) is 0 Å². The third-order valence-corrected chi connectivity index (χ3v) is 7.52. The van der Waals surface area contributed by atoms with Gasteiger partial charge in [-0.2, -0.15) is 17.0 Å². The van der Waals surface area contributed by atoms with Gasteiger partial charge >= 0.3 is 5.97 Å². The molecule has 8 heteroatoms. The number of carboxylic acids is 1. The Hall–Kier alpha value is -1.51. The molecular formula is C16H19FN2O4S. The number of hydrogen-bond acceptors (Lipinski definition) is 3. The van der Waals surface area contributed by atoms with Crippen LogP contribution < -0.4 is 0 Å². The fourth-order valence-corrected chi connectivity index (χ4v) is 6.19. The molecule has 0 amide bonds. The average molecular weight is 354 g/mol. The molecule has 0 radical (unpaired) electrons. The molecular weight excluding hydrogens is 335 g/mol. The maximum Gasteiger partial charge on any atom is 0.339 e. The van der Waals surface area contributed by atoms with E-state index in [4.69, 9.17) is 0 Å². The number of benzene rings is 1. The van der Waals surface area contributed by atoms with Gasteiger partial charge in [0.2, 0.25) is 0 Å². The number of aromatic carboxylic acids is 1. The summed E-state index contributed by atoms with van der Waals surface area (Å²) in [4.78, 5) is 11.4. The van der Waals surface area contributed by atoms with Crippen LogP contribution in [-0.2, 0) is 23.2 Å². The summed E-state index contributed by atoms with van der Waals surface area (Å²) in [7, 11) is -3.64. The lowest BCUT2D eigenvalue weighted by molar-refractivity contribution is 0.0689. The lowest BCUT2D eigenvalue weighted by atomic mass is 9.95. The zero-order valence-corrected chi connectivity index (χ0v) is 13.9. The van der Waals surface area contributed by atoms with Gasteiger partial charge in [0.25, 0.3) is 10.2 Å². The van der Waals surface area contributed by atoms with Crippen molar-refractivity contribution in [1.29, 1.82) is 0 Å². The van der Waals surface area contributed by atoms with Crippen molar-refractivity contribution in [3.8, 4) is 0 Å². The first-order chi connectivity index (χ1) is 11.4. The molecule has 0 spiro atoms. The van der Waals surface area contributed by atoms with Crippen LogP contribution in [0.1, 0.15) is 40.7 Å². The molecule has 2 fully saturated rings. The van der Waals surface area contributed by atoms with E-state index in [1.54, 1.807) is 10.4 Å². The van der Waals surface area contributed by atoms with E-state index >= 15 is 0 Å². The van der Waals surface area contributed by atoms with Crippen LogP contribution in [0, 0.1) is 11.7 Å². The molecule has 2 unspecified atom stereocenters. The van der Waals surface area contributed by atoms with Crippen LogP contribution in [0.2, 0.25) is 0 Å². The van der Waals surface area contributed by atoms with Crippen molar-refractivity contribution in [3.63, 3.8) is 0 Å². The minimum absolute atomic E-state index is 0.0628. The van der Waals surface area contributed by atoms with Crippen LogP contribution in [0.3, 0.4) is 0 Å². The number of carboxylic acid groups (broad SMARTS) is 1. The van der Waals surface area contributed by atoms with Crippen LogP contribution in [0.15, 0.2) is 12.1 Å². The molecule has 3 aliphatic rings. The van der Waals surface area contributed by atoms with Gasteiger partial charge in [-0.05, 0) is 48.8 Å². The zero-order chi connectivity index (χ0) is 17.1. The maximum atomic E-state index is 13.9. The number of carbonyl (C=O) groups is 1. The highest BCUT2D eigenvalue weighted by Crippen LogP contribution is 2.40. The lowest BCUT2D eigenvalue weighted by Crippen LogP contribution is -2.48. The zero-order valence-electron chi connectivity index (χ0n) is 13.1. The second kappa shape index (κ2) is 5.50. The average Bonchev–Trinajstić information content (AvgIpc) is 3.17. The molecule has 2 heterocycles. The predicted molar refractivity (Wildman–Crippen MR) is 84.2 cm³/mol. The maximum absolute atomic E-state index is 13.9. The summed E-state index contributed by atoms with van der Waals surface area (Å²) >= 11 is 0. The predicted octanol–water partition coefficient (Wildman–Crippen LogP) is 1.61. The molecule has 6 nitrogen and oxygen atoms in total. The Labute approximate surface area is 140 Å². The summed E-state index contributed by atoms with van der Waals surface area (Å²) in [6.45, 7) is 0.768. The molecule has 130 valence electrons. The van der Waals surface area contributed by atoms with Gasteiger partial charge in [-0.3, -0.25) is 0 Å².